The second-order valence-electron chi connectivity index (χ2n) is 9.75. The largest absolute Gasteiger partial charge is 0.207 e. The summed E-state index contributed by atoms with van der Waals surface area (Å²) in [5, 5.41) is 0. The molecule has 0 bridgehead atoms. The minimum Gasteiger partial charge on any atom is -0.207 e. The molecule has 3 saturated carbocycles. The van der Waals surface area contributed by atoms with Crippen LogP contribution in [-0.2, 0) is 0 Å². The van der Waals surface area contributed by atoms with Crippen molar-refractivity contribution in [1.29, 1.82) is 0 Å². The molecule has 0 nitrogen and oxygen atoms in total. The van der Waals surface area contributed by atoms with Crippen LogP contribution in [0, 0.1) is 23.6 Å². The first-order valence-corrected chi connectivity index (χ1v) is 11.5. The van der Waals surface area contributed by atoms with Crippen LogP contribution < -0.4 is 0 Å². The van der Waals surface area contributed by atoms with Crippen molar-refractivity contribution in [3.63, 3.8) is 0 Å². The molecule has 3 aliphatic rings. The van der Waals surface area contributed by atoms with Crippen LogP contribution >= 0.6 is 0 Å². The van der Waals surface area contributed by atoms with Crippen molar-refractivity contribution in [3.05, 3.63) is 35.1 Å². The molecule has 0 saturated heterocycles. The highest BCUT2D eigenvalue weighted by Crippen LogP contribution is 2.44. The van der Waals surface area contributed by atoms with Gasteiger partial charge in [-0.15, -0.1) is 0 Å². The van der Waals surface area contributed by atoms with Crippen molar-refractivity contribution < 1.29 is 4.39 Å². The second-order valence-corrected chi connectivity index (χ2v) is 9.75. The van der Waals surface area contributed by atoms with Gasteiger partial charge in [0.15, 0.2) is 0 Å². The van der Waals surface area contributed by atoms with Gasteiger partial charge in [-0.05, 0) is 85.3 Å². The SMILES string of the molecule is CC1CCC(c2ccc(C3CCC(C4CCCCC4)CC3)c(F)c2)CC1. The lowest BCUT2D eigenvalue weighted by molar-refractivity contribution is 0.185. The maximum absolute atomic E-state index is 14.9. The first-order chi connectivity index (χ1) is 12.7. The second kappa shape index (κ2) is 8.44. The van der Waals surface area contributed by atoms with Gasteiger partial charge >= 0.3 is 0 Å². The van der Waals surface area contributed by atoms with Crippen molar-refractivity contribution in [1.82, 2.24) is 0 Å². The van der Waals surface area contributed by atoms with Crippen LogP contribution in [0.5, 0.6) is 0 Å². The summed E-state index contributed by atoms with van der Waals surface area (Å²) in [6, 6.07) is 6.30. The van der Waals surface area contributed by atoms with Crippen molar-refractivity contribution in [2.75, 3.05) is 0 Å². The van der Waals surface area contributed by atoms with Gasteiger partial charge in [-0.2, -0.15) is 0 Å². The zero-order valence-corrected chi connectivity index (χ0v) is 16.7. The number of hydrogen-bond acceptors (Lipinski definition) is 0. The highest BCUT2D eigenvalue weighted by atomic mass is 19.1. The standard InChI is InChI=1S/C25H37F/c1-18-7-9-21(10-8-18)23-15-16-24(25(26)17-23)22-13-11-20(12-14-22)19-5-3-2-4-6-19/h15-22H,2-14H2,1H3. The van der Waals surface area contributed by atoms with Gasteiger partial charge in [0.1, 0.15) is 5.82 Å². The highest BCUT2D eigenvalue weighted by Gasteiger charge is 2.30. The molecule has 1 aromatic rings. The lowest BCUT2D eigenvalue weighted by atomic mass is 9.69. The highest BCUT2D eigenvalue weighted by molar-refractivity contribution is 5.30. The van der Waals surface area contributed by atoms with Crippen LogP contribution in [0.3, 0.4) is 0 Å². The summed E-state index contributed by atoms with van der Waals surface area (Å²) >= 11 is 0. The Morgan fingerprint density at radius 1 is 0.692 bits per heavy atom. The molecule has 0 atom stereocenters. The molecule has 1 aromatic carbocycles. The van der Waals surface area contributed by atoms with Crippen molar-refractivity contribution >= 4 is 0 Å². The first-order valence-electron chi connectivity index (χ1n) is 11.5. The fourth-order valence-electron chi connectivity index (χ4n) is 6.23. The zero-order valence-electron chi connectivity index (χ0n) is 16.7. The van der Waals surface area contributed by atoms with Crippen LogP contribution in [-0.4, -0.2) is 0 Å². The molecular weight excluding hydrogens is 319 g/mol. The first kappa shape index (κ1) is 18.5. The van der Waals surface area contributed by atoms with Crippen LogP contribution in [0.4, 0.5) is 4.39 Å². The predicted octanol–water partition coefficient (Wildman–Crippen LogP) is 7.97. The van der Waals surface area contributed by atoms with E-state index in [0.29, 0.717) is 11.8 Å². The Morgan fingerprint density at radius 2 is 1.31 bits per heavy atom. The zero-order chi connectivity index (χ0) is 17.9. The maximum Gasteiger partial charge on any atom is 0.126 e. The molecule has 1 heteroatoms. The van der Waals surface area contributed by atoms with E-state index in [2.05, 4.69) is 19.1 Å². The molecule has 3 fully saturated rings. The summed E-state index contributed by atoms with van der Waals surface area (Å²) in [4.78, 5) is 0. The monoisotopic (exact) mass is 356 g/mol. The van der Waals surface area contributed by atoms with Gasteiger partial charge in [0.25, 0.3) is 0 Å². The predicted molar refractivity (Wildman–Crippen MR) is 108 cm³/mol. The van der Waals surface area contributed by atoms with E-state index in [9.17, 15) is 4.39 Å². The van der Waals surface area contributed by atoms with Crippen molar-refractivity contribution in [2.45, 2.75) is 102 Å². The molecule has 0 N–H and O–H groups in total. The molecule has 0 heterocycles. The average molecular weight is 357 g/mol. The van der Waals surface area contributed by atoms with E-state index in [1.54, 1.807) is 0 Å². The molecule has 0 radical (unpaired) electrons. The normalized spacial score (nSPS) is 33.9. The minimum absolute atomic E-state index is 0.0854. The van der Waals surface area contributed by atoms with Crippen molar-refractivity contribution in [3.8, 4) is 0 Å². The Morgan fingerprint density at radius 3 is 1.96 bits per heavy atom. The summed E-state index contributed by atoms with van der Waals surface area (Å²) in [5.41, 5.74) is 2.27. The van der Waals surface area contributed by atoms with Crippen LogP contribution in [0.1, 0.15) is 113 Å². The van der Waals surface area contributed by atoms with E-state index in [1.165, 1.54) is 89.0 Å². The van der Waals surface area contributed by atoms with Crippen molar-refractivity contribution in [2.24, 2.45) is 17.8 Å². The summed E-state index contributed by atoms with van der Waals surface area (Å²) in [7, 11) is 0. The van der Waals surface area contributed by atoms with E-state index in [0.717, 1.165) is 23.3 Å². The summed E-state index contributed by atoms with van der Waals surface area (Å²) < 4.78 is 14.9. The molecule has 0 aliphatic heterocycles. The quantitative estimate of drug-likeness (QED) is 0.515. The van der Waals surface area contributed by atoms with Gasteiger partial charge in [-0.1, -0.05) is 64.0 Å². The molecule has 3 aliphatic carbocycles. The van der Waals surface area contributed by atoms with E-state index in [1.807, 2.05) is 6.07 Å². The van der Waals surface area contributed by atoms with Gasteiger partial charge in [0.05, 0.1) is 0 Å². The minimum atomic E-state index is 0.0854. The van der Waals surface area contributed by atoms with Gasteiger partial charge < -0.3 is 0 Å². The van der Waals surface area contributed by atoms with Crippen LogP contribution in [0.25, 0.3) is 0 Å². The third-order valence-electron chi connectivity index (χ3n) is 8.04. The Balaban J connectivity index is 1.36. The Hall–Kier alpha value is -0.850. The molecule has 4 rings (SSSR count). The van der Waals surface area contributed by atoms with Gasteiger partial charge in [-0.3, -0.25) is 0 Å². The topological polar surface area (TPSA) is 0 Å². The fraction of sp³-hybridized carbons (Fsp3) is 0.760. The Kier molecular flexibility index (Phi) is 6.01. The molecule has 0 amide bonds. The van der Waals surface area contributed by atoms with Gasteiger partial charge in [0.2, 0.25) is 0 Å². The Labute approximate surface area is 160 Å². The molecule has 0 aromatic heterocycles. The van der Waals surface area contributed by atoms with Crippen LogP contribution in [0.15, 0.2) is 18.2 Å². The molecule has 0 unspecified atom stereocenters. The third-order valence-corrected chi connectivity index (χ3v) is 8.04. The van der Waals surface area contributed by atoms with Crippen LogP contribution in [0.2, 0.25) is 0 Å². The number of rotatable bonds is 3. The number of benzene rings is 1. The van der Waals surface area contributed by atoms with E-state index < -0.39 is 0 Å². The van der Waals surface area contributed by atoms with E-state index in [4.69, 9.17) is 0 Å². The smallest absolute Gasteiger partial charge is 0.126 e. The average Bonchev–Trinajstić information content (AvgIpc) is 2.69. The fourth-order valence-corrected chi connectivity index (χ4v) is 6.23. The lowest BCUT2D eigenvalue weighted by Gasteiger charge is -2.36. The summed E-state index contributed by atoms with van der Waals surface area (Å²) in [6.07, 6.45) is 17.4. The van der Waals surface area contributed by atoms with E-state index in [-0.39, 0.29) is 5.82 Å². The number of hydrogen-bond donors (Lipinski definition) is 0. The lowest BCUT2D eigenvalue weighted by Crippen LogP contribution is -2.23. The molecule has 26 heavy (non-hydrogen) atoms. The summed E-state index contributed by atoms with van der Waals surface area (Å²) in [5.74, 6) is 3.91. The molecule has 144 valence electrons. The maximum atomic E-state index is 14.9. The van der Waals surface area contributed by atoms with E-state index >= 15 is 0 Å². The number of halogens is 1. The van der Waals surface area contributed by atoms with Gasteiger partial charge in [0, 0.05) is 0 Å². The molecule has 0 spiro atoms. The van der Waals surface area contributed by atoms with Gasteiger partial charge in [-0.25, -0.2) is 4.39 Å². The summed E-state index contributed by atoms with van der Waals surface area (Å²) in [6.45, 7) is 2.35. The molecular formula is C25H37F. The third kappa shape index (κ3) is 4.18. The Bertz CT molecular complexity index is 570.